The fourth-order valence-corrected chi connectivity index (χ4v) is 4.81. The molecule has 0 radical (unpaired) electrons. The quantitative estimate of drug-likeness (QED) is 0.602. The zero-order valence-electron chi connectivity index (χ0n) is 17.2. The summed E-state index contributed by atoms with van der Waals surface area (Å²) in [7, 11) is 0. The van der Waals surface area contributed by atoms with Crippen LogP contribution < -0.4 is 16.2 Å². The molecule has 0 fully saturated rings. The molecule has 3 heterocycles. The lowest BCUT2D eigenvalue weighted by molar-refractivity contribution is 0.101. The summed E-state index contributed by atoms with van der Waals surface area (Å²) in [5.41, 5.74) is 1.88. The Morgan fingerprint density at radius 1 is 1.17 bits per heavy atom. The van der Waals surface area contributed by atoms with Crippen molar-refractivity contribution in [3.8, 4) is 0 Å². The van der Waals surface area contributed by atoms with Crippen molar-refractivity contribution in [2.45, 2.75) is 46.6 Å². The van der Waals surface area contributed by atoms with Crippen molar-refractivity contribution in [3.05, 3.63) is 51.6 Å². The molecule has 0 spiro atoms. The Morgan fingerprint density at radius 2 is 1.90 bits per heavy atom. The van der Waals surface area contributed by atoms with E-state index in [0.717, 1.165) is 30.7 Å². The van der Waals surface area contributed by atoms with Gasteiger partial charge in [-0.2, -0.15) is 0 Å². The molecule has 3 aromatic rings. The number of ketones is 1. The standard InChI is InChI=1S/C22H24N4O3S/c1-12-4-9-17-24-20-18(21(28)26(17)11-10-12)13(2)19(30-20)25-22(29)23-16-7-5-15(6-8-16)14(3)27/h5-8,12H,4,9-11H2,1-3H3,(H2,23,25,29)/t12-/m0/s1. The summed E-state index contributed by atoms with van der Waals surface area (Å²) in [6, 6.07) is 6.29. The zero-order chi connectivity index (χ0) is 21.4. The van der Waals surface area contributed by atoms with E-state index in [2.05, 4.69) is 17.6 Å². The minimum absolute atomic E-state index is 0.0221. The van der Waals surface area contributed by atoms with Gasteiger partial charge in [0.2, 0.25) is 0 Å². The highest BCUT2D eigenvalue weighted by Crippen LogP contribution is 2.33. The average molecular weight is 425 g/mol. The van der Waals surface area contributed by atoms with Gasteiger partial charge in [0.25, 0.3) is 5.56 Å². The van der Waals surface area contributed by atoms with Crippen LogP contribution in [0.25, 0.3) is 10.2 Å². The Bertz CT molecular complexity index is 1190. The van der Waals surface area contributed by atoms with Crippen LogP contribution in [0.3, 0.4) is 0 Å². The number of amides is 2. The number of carbonyl (C=O) groups is 2. The summed E-state index contributed by atoms with van der Waals surface area (Å²) in [5.74, 6) is 1.38. The second kappa shape index (κ2) is 8.02. The molecular weight excluding hydrogens is 400 g/mol. The number of carbonyl (C=O) groups excluding carboxylic acids is 2. The number of anilines is 2. The number of nitrogens with zero attached hydrogens (tertiary/aromatic N) is 2. The average Bonchev–Trinajstić information content (AvgIpc) is 2.88. The molecule has 30 heavy (non-hydrogen) atoms. The summed E-state index contributed by atoms with van der Waals surface area (Å²) in [4.78, 5) is 42.4. The summed E-state index contributed by atoms with van der Waals surface area (Å²) in [6.07, 6.45) is 2.79. The smallest absolute Gasteiger partial charge is 0.308 e. The molecule has 0 bridgehead atoms. The predicted octanol–water partition coefficient (Wildman–Crippen LogP) is 4.59. The molecule has 1 aliphatic rings. The van der Waals surface area contributed by atoms with Crippen molar-refractivity contribution >= 4 is 44.1 Å². The molecule has 4 rings (SSSR count). The monoisotopic (exact) mass is 424 g/mol. The van der Waals surface area contributed by atoms with Gasteiger partial charge in [0.05, 0.1) is 5.39 Å². The SMILES string of the molecule is CC(=O)c1ccc(NC(=O)Nc2sc3nc4n(c(=O)c3c2C)CC[C@@H](C)CC4)cc1. The van der Waals surface area contributed by atoms with E-state index in [-0.39, 0.29) is 11.3 Å². The molecule has 0 saturated heterocycles. The van der Waals surface area contributed by atoms with Crippen LogP contribution in [0.2, 0.25) is 0 Å². The maximum Gasteiger partial charge on any atom is 0.324 e. The van der Waals surface area contributed by atoms with E-state index in [1.807, 2.05) is 6.92 Å². The molecule has 1 aliphatic heterocycles. The summed E-state index contributed by atoms with van der Waals surface area (Å²) >= 11 is 1.32. The number of aromatic nitrogens is 2. The van der Waals surface area contributed by atoms with E-state index in [1.165, 1.54) is 18.3 Å². The van der Waals surface area contributed by atoms with Crippen molar-refractivity contribution in [1.82, 2.24) is 9.55 Å². The van der Waals surface area contributed by atoms with Gasteiger partial charge in [0.1, 0.15) is 15.7 Å². The number of aryl methyl sites for hydroxylation is 2. The lowest BCUT2D eigenvalue weighted by Crippen LogP contribution is -2.24. The Kier molecular flexibility index (Phi) is 5.42. The number of hydrogen-bond acceptors (Lipinski definition) is 5. The van der Waals surface area contributed by atoms with Crippen LogP contribution >= 0.6 is 11.3 Å². The fourth-order valence-electron chi connectivity index (χ4n) is 3.72. The normalized spacial score (nSPS) is 16.0. The molecule has 2 N–H and O–H groups in total. The van der Waals surface area contributed by atoms with Gasteiger partial charge in [-0.3, -0.25) is 19.5 Å². The second-order valence-corrected chi connectivity index (χ2v) is 8.87. The van der Waals surface area contributed by atoms with Gasteiger partial charge in [-0.1, -0.05) is 18.3 Å². The molecule has 8 heteroatoms. The van der Waals surface area contributed by atoms with E-state index in [1.54, 1.807) is 28.8 Å². The molecular formula is C22H24N4O3S. The lowest BCUT2D eigenvalue weighted by Gasteiger charge is -2.08. The highest BCUT2D eigenvalue weighted by atomic mass is 32.1. The van der Waals surface area contributed by atoms with Crippen LogP contribution in [-0.2, 0) is 13.0 Å². The van der Waals surface area contributed by atoms with Gasteiger partial charge in [-0.15, -0.1) is 0 Å². The van der Waals surface area contributed by atoms with Crippen molar-refractivity contribution in [2.24, 2.45) is 5.92 Å². The Morgan fingerprint density at radius 3 is 2.60 bits per heavy atom. The first-order valence-electron chi connectivity index (χ1n) is 10.1. The third kappa shape index (κ3) is 3.87. The molecule has 7 nitrogen and oxygen atoms in total. The number of Topliss-reactive ketones (excluding diaryl/α,β-unsaturated/α-hetero) is 1. The molecule has 2 aromatic heterocycles. The fraction of sp³-hybridized carbons (Fsp3) is 0.364. The second-order valence-electron chi connectivity index (χ2n) is 7.87. The molecule has 2 amide bonds. The molecule has 0 aliphatic carbocycles. The van der Waals surface area contributed by atoms with Crippen LogP contribution in [-0.4, -0.2) is 21.4 Å². The topological polar surface area (TPSA) is 93.1 Å². The Balaban J connectivity index is 1.58. The van der Waals surface area contributed by atoms with E-state index in [0.29, 0.717) is 38.9 Å². The number of urea groups is 1. The highest BCUT2D eigenvalue weighted by molar-refractivity contribution is 7.22. The lowest BCUT2D eigenvalue weighted by atomic mass is 10.0. The Labute approximate surface area is 178 Å². The van der Waals surface area contributed by atoms with Crippen molar-refractivity contribution < 1.29 is 9.59 Å². The summed E-state index contributed by atoms with van der Waals surface area (Å²) in [6.45, 7) is 6.23. The van der Waals surface area contributed by atoms with Gasteiger partial charge >= 0.3 is 6.03 Å². The van der Waals surface area contributed by atoms with Gasteiger partial charge in [0, 0.05) is 24.2 Å². The number of nitrogens with one attached hydrogen (secondary N) is 2. The largest absolute Gasteiger partial charge is 0.324 e. The number of thiophene rings is 1. The zero-order valence-corrected chi connectivity index (χ0v) is 18.1. The van der Waals surface area contributed by atoms with Crippen molar-refractivity contribution in [2.75, 3.05) is 10.6 Å². The van der Waals surface area contributed by atoms with Crippen LogP contribution in [0.15, 0.2) is 29.1 Å². The number of benzene rings is 1. The first kappa shape index (κ1) is 20.3. The summed E-state index contributed by atoms with van der Waals surface area (Å²) < 4.78 is 1.80. The molecule has 1 atom stereocenters. The van der Waals surface area contributed by atoms with E-state index >= 15 is 0 Å². The van der Waals surface area contributed by atoms with Crippen molar-refractivity contribution in [3.63, 3.8) is 0 Å². The molecule has 1 aromatic carbocycles. The third-order valence-electron chi connectivity index (χ3n) is 5.61. The van der Waals surface area contributed by atoms with Gasteiger partial charge in [-0.25, -0.2) is 9.78 Å². The first-order valence-corrected chi connectivity index (χ1v) is 10.9. The Hall–Kier alpha value is -3.00. The third-order valence-corrected chi connectivity index (χ3v) is 6.71. The van der Waals surface area contributed by atoms with Gasteiger partial charge in [-0.05, 0) is 62.4 Å². The predicted molar refractivity (Wildman–Crippen MR) is 120 cm³/mol. The van der Waals surface area contributed by atoms with E-state index in [9.17, 15) is 14.4 Å². The minimum atomic E-state index is -0.407. The van der Waals surface area contributed by atoms with Crippen molar-refractivity contribution in [1.29, 1.82) is 0 Å². The van der Waals surface area contributed by atoms with Crippen LogP contribution in [0, 0.1) is 12.8 Å². The molecule has 0 unspecified atom stereocenters. The molecule has 156 valence electrons. The maximum absolute atomic E-state index is 13.1. The van der Waals surface area contributed by atoms with Crippen LogP contribution in [0.5, 0.6) is 0 Å². The number of rotatable bonds is 3. The number of fused-ring (bicyclic) bond motifs is 2. The first-order chi connectivity index (χ1) is 14.3. The van der Waals surface area contributed by atoms with E-state index < -0.39 is 6.03 Å². The van der Waals surface area contributed by atoms with Gasteiger partial charge in [0.15, 0.2) is 5.78 Å². The summed E-state index contributed by atoms with van der Waals surface area (Å²) in [5, 5.41) is 6.78. The van der Waals surface area contributed by atoms with Crippen LogP contribution in [0.1, 0.15) is 48.4 Å². The number of hydrogen-bond donors (Lipinski definition) is 2. The van der Waals surface area contributed by atoms with Gasteiger partial charge < -0.3 is 5.32 Å². The van der Waals surface area contributed by atoms with Crippen LogP contribution in [0.4, 0.5) is 15.5 Å². The highest BCUT2D eigenvalue weighted by Gasteiger charge is 2.21. The maximum atomic E-state index is 13.1. The molecule has 0 saturated carbocycles. The van der Waals surface area contributed by atoms with E-state index in [4.69, 9.17) is 4.98 Å². The minimum Gasteiger partial charge on any atom is -0.308 e.